The number of likely N-dealkylation sites (tertiary alicyclic amines) is 1. The second kappa shape index (κ2) is 8.89. The number of rotatable bonds is 6. The van der Waals surface area contributed by atoms with Gasteiger partial charge in [-0.1, -0.05) is 25.1 Å². The summed E-state index contributed by atoms with van der Waals surface area (Å²) >= 11 is 6.09. The highest BCUT2D eigenvalue weighted by Gasteiger charge is 2.34. The van der Waals surface area contributed by atoms with Crippen molar-refractivity contribution in [2.24, 2.45) is 0 Å². The average Bonchev–Trinajstić information content (AvgIpc) is 2.98. The Labute approximate surface area is 182 Å². The maximum Gasteiger partial charge on any atom is 0.148 e. The van der Waals surface area contributed by atoms with Crippen molar-refractivity contribution in [1.82, 2.24) is 0 Å². The quantitative estimate of drug-likeness (QED) is 0.413. The van der Waals surface area contributed by atoms with Gasteiger partial charge in [-0.3, -0.25) is 0 Å². The molecule has 0 spiro atoms. The molecule has 2 unspecified atom stereocenters. The Bertz CT molecular complexity index is 966. The van der Waals surface area contributed by atoms with Crippen LogP contribution in [0.25, 0.3) is 21.9 Å². The molecule has 0 bridgehead atoms. The van der Waals surface area contributed by atoms with Gasteiger partial charge in [-0.05, 0) is 43.2 Å². The number of quaternary nitrogens is 1. The summed E-state index contributed by atoms with van der Waals surface area (Å²) in [7, 11) is 0. The molecule has 150 valence electrons. The van der Waals surface area contributed by atoms with E-state index < -0.39 is 0 Å². The zero-order chi connectivity index (χ0) is 18.9. The van der Waals surface area contributed by atoms with Gasteiger partial charge in [0.25, 0.3) is 0 Å². The first-order valence-corrected chi connectivity index (χ1v) is 10.2. The van der Waals surface area contributed by atoms with Gasteiger partial charge in [0, 0.05) is 34.3 Å². The summed E-state index contributed by atoms with van der Waals surface area (Å²) in [6.45, 7) is 10.7. The van der Waals surface area contributed by atoms with E-state index in [1.165, 1.54) is 25.9 Å². The highest BCUT2D eigenvalue weighted by Crippen LogP contribution is 2.33. The van der Waals surface area contributed by atoms with Crippen LogP contribution in [0.3, 0.4) is 0 Å². The highest BCUT2D eigenvalue weighted by atomic mass is 79.9. The van der Waals surface area contributed by atoms with Crippen LogP contribution in [-0.4, -0.2) is 36.8 Å². The summed E-state index contributed by atoms with van der Waals surface area (Å²) in [6.07, 6.45) is 5.79. The summed E-state index contributed by atoms with van der Waals surface area (Å²) in [4.78, 5) is 0. The molecule has 0 aliphatic carbocycles. The minimum atomic E-state index is 0. The Hall–Kier alpha value is -1.49. The third-order valence-corrected chi connectivity index (χ3v) is 5.91. The zero-order valence-corrected chi connectivity index (χ0v) is 18.6. The first-order valence-electron chi connectivity index (χ1n) is 9.87. The van der Waals surface area contributed by atoms with Gasteiger partial charge >= 0.3 is 0 Å². The standard InChI is InChI=1S/C23H27ClNO2.BrH/c1-3-11-25(12-4-2)13-5-6-19(16-25)26-18-8-10-21-20-9-7-17(24)14-22(20)27-23(21)15-18;/h3,7-10,14-15,19H,1,4-6,11-13,16H2,2H3;1H/q+1;/p-1. The van der Waals surface area contributed by atoms with Gasteiger partial charge in [-0.15, -0.1) is 0 Å². The minimum Gasteiger partial charge on any atom is -1.00 e. The van der Waals surface area contributed by atoms with Crippen molar-refractivity contribution in [3.63, 3.8) is 0 Å². The van der Waals surface area contributed by atoms with Crippen LogP contribution < -0.4 is 21.7 Å². The van der Waals surface area contributed by atoms with Crippen LogP contribution >= 0.6 is 11.6 Å². The maximum absolute atomic E-state index is 6.40. The van der Waals surface area contributed by atoms with E-state index in [-0.39, 0.29) is 23.1 Å². The fraction of sp³-hybridized carbons (Fsp3) is 0.391. The van der Waals surface area contributed by atoms with Gasteiger partial charge in [0.2, 0.25) is 0 Å². The summed E-state index contributed by atoms with van der Waals surface area (Å²) in [5.41, 5.74) is 1.66. The van der Waals surface area contributed by atoms with Crippen LogP contribution in [0, 0.1) is 0 Å². The first-order chi connectivity index (χ1) is 13.1. The van der Waals surface area contributed by atoms with Crippen molar-refractivity contribution < 1.29 is 30.6 Å². The number of hydrogen-bond acceptors (Lipinski definition) is 2. The van der Waals surface area contributed by atoms with Gasteiger partial charge in [0.15, 0.2) is 0 Å². The van der Waals surface area contributed by atoms with E-state index in [0.29, 0.717) is 5.02 Å². The van der Waals surface area contributed by atoms with Gasteiger partial charge in [0.1, 0.15) is 29.6 Å². The SMILES string of the molecule is C=CC[N+]1(CCC)CCCC(Oc2ccc3c(c2)oc2cc(Cl)ccc23)C1.[Br-]. The summed E-state index contributed by atoms with van der Waals surface area (Å²) < 4.78 is 13.5. The molecule has 2 aromatic carbocycles. The lowest BCUT2D eigenvalue weighted by Gasteiger charge is -2.43. The molecule has 5 heteroatoms. The highest BCUT2D eigenvalue weighted by molar-refractivity contribution is 6.31. The maximum atomic E-state index is 6.40. The molecule has 0 N–H and O–H groups in total. The molecule has 1 aromatic heterocycles. The minimum absolute atomic E-state index is 0. The smallest absolute Gasteiger partial charge is 0.148 e. The number of halogens is 2. The van der Waals surface area contributed by atoms with E-state index in [1.54, 1.807) is 0 Å². The number of nitrogens with zero attached hydrogens (tertiary/aromatic N) is 1. The monoisotopic (exact) mass is 463 g/mol. The van der Waals surface area contributed by atoms with Crippen molar-refractivity contribution in [3.05, 3.63) is 54.1 Å². The molecule has 0 saturated carbocycles. The van der Waals surface area contributed by atoms with Gasteiger partial charge in [0.05, 0.1) is 19.6 Å². The van der Waals surface area contributed by atoms with Crippen LogP contribution in [0.2, 0.25) is 5.02 Å². The number of piperidine rings is 1. The Balaban J connectivity index is 0.00000225. The molecule has 28 heavy (non-hydrogen) atoms. The summed E-state index contributed by atoms with van der Waals surface area (Å²) in [5, 5.41) is 2.87. The summed E-state index contributed by atoms with van der Waals surface area (Å²) in [5.74, 6) is 0.882. The van der Waals surface area contributed by atoms with Gasteiger partial charge < -0.3 is 30.6 Å². The fourth-order valence-corrected chi connectivity index (χ4v) is 4.73. The van der Waals surface area contributed by atoms with E-state index in [4.69, 9.17) is 20.8 Å². The largest absolute Gasteiger partial charge is 1.00 e. The van der Waals surface area contributed by atoms with E-state index >= 15 is 0 Å². The fourth-order valence-electron chi connectivity index (χ4n) is 4.57. The van der Waals surface area contributed by atoms with Crippen molar-refractivity contribution >= 4 is 33.5 Å². The Kier molecular flexibility index (Phi) is 6.74. The predicted octanol–water partition coefficient (Wildman–Crippen LogP) is 3.20. The molecule has 1 aliphatic heterocycles. The molecular weight excluding hydrogens is 438 g/mol. The molecular formula is C23H27BrClNO2. The third-order valence-electron chi connectivity index (χ3n) is 5.67. The summed E-state index contributed by atoms with van der Waals surface area (Å²) in [6, 6.07) is 11.9. The van der Waals surface area contributed by atoms with Crippen LogP contribution in [0.1, 0.15) is 26.2 Å². The van der Waals surface area contributed by atoms with Crippen LogP contribution in [0.15, 0.2) is 53.5 Å². The molecule has 2 atom stereocenters. The Morgan fingerprint density at radius 1 is 1.21 bits per heavy atom. The third kappa shape index (κ3) is 4.24. The van der Waals surface area contributed by atoms with Crippen LogP contribution in [0.5, 0.6) is 5.75 Å². The number of benzene rings is 2. The normalized spacial score (nSPS) is 22.1. The molecule has 3 aromatic rings. The second-order valence-electron chi connectivity index (χ2n) is 7.73. The molecule has 0 amide bonds. The molecule has 4 rings (SSSR count). The number of fused-ring (bicyclic) bond motifs is 3. The number of hydrogen-bond donors (Lipinski definition) is 0. The van der Waals surface area contributed by atoms with Crippen LogP contribution in [-0.2, 0) is 0 Å². The average molecular weight is 465 g/mol. The molecule has 0 radical (unpaired) electrons. The van der Waals surface area contributed by atoms with E-state index in [0.717, 1.165) is 51.7 Å². The van der Waals surface area contributed by atoms with E-state index in [9.17, 15) is 0 Å². The lowest BCUT2D eigenvalue weighted by Crippen LogP contribution is -3.00. The van der Waals surface area contributed by atoms with E-state index in [1.807, 2.05) is 24.3 Å². The van der Waals surface area contributed by atoms with Crippen molar-refractivity contribution in [3.8, 4) is 5.75 Å². The molecule has 3 nitrogen and oxygen atoms in total. The van der Waals surface area contributed by atoms with Crippen molar-refractivity contribution in [2.75, 3.05) is 26.2 Å². The van der Waals surface area contributed by atoms with Crippen LogP contribution in [0.4, 0.5) is 0 Å². The first kappa shape index (κ1) is 21.2. The predicted molar refractivity (Wildman–Crippen MR) is 113 cm³/mol. The molecule has 2 heterocycles. The Morgan fingerprint density at radius 3 is 2.71 bits per heavy atom. The van der Waals surface area contributed by atoms with Crippen molar-refractivity contribution in [1.29, 1.82) is 0 Å². The molecule has 1 saturated heterocycles. The number of furan rings is 1. The molecule has 1 aliphatic rings. The van der Waals surface area contributed by atoms with Gasteiger partial charge in [-0.25, -0.2) is 0 Å². The van der Waals surface area contributed by atoms with E-state index in [2.05, 4.69) is 31.7 Å². The van der Waals surface area contributed by atoms with Gasteiger partial charge in [-0.2, -0.15) is 0 Å². The topological polar surface area (TPSA) is 22.4 Å². The molecule has 1 fully saturated rings. The lowest BCUT2D eigenvalue weighted by atomic mass is 10.0. The number of ether oxygens (including phenoxy) is 1. The van der Waals surface area contributed by atoms with Crippen molar-refractivity contribution in [2.45, 2.75) is 32.3 Å². The lowest BCUT2D eigenvalue weighted by molar-refractivity contribution is -0.929. The zero-order valence-electron chi connectivity index (χ0n) is 16.3. The second-order valence-corrected chi connectivity index (χ2v) is 8.16. The Morgan fingerprint density at radius 2 is 1.96 bits per heavy atom.